The Kier molecular flexibility index (Phi) is 3.26. The molecule has 0 bridgehead atoms. The summed E-state index contributed by atoms with van der Waals surface area (Å²) in [5, 5.41) is 8.59. The van der Waals surface area contributed by atoms with E-state index in [1.54, 1.807) is 0 Å². The SMILES string of the molecule is CCCC(C)(C#N)CN. The molecule has 1 unspecified atom stereocenters. The summed E-state index contributed by atoms with van der Waals surface area (Å²) in [5.41, 5.74) is 5.10. The quantitative estimate of drug-likeness (QED) is 0.619. The summed E-state index contributed by atoms with van der Waals surface area (Å²) >= 11 is 0. The fourth-order valence-corrected chi connectivity index (χ4v) is 0.755. The highest BCUT2D eigenvalue weighted by atomic mass is 14.6. The van der Waals surface area contributed by atoms with Crippen LogP contribution in [-0.4, -0.2) is 6.54 Å². The van der Waals surface area contributed by atoms with Gasteiger partial charge in [0.15, 0.2) is 0 Å². The molecule has 0 aromatic carbocycles. The molecule has 0 aliphatic carbocycles. The first-order chi connectivity index (χ1) is 4.18. The Bertz CT molecular complexity index is 115. The first-order valence-corrected chi connectivity index (χ1v) is 3.30. The van der Waals surface area contributed by atoms with Gasteiger partial charge in [0.05, 0.1) is 11.5 Å². The summed E-state index contributed by atoms with van der Waals surface area (Å²) in [6.07, 6.45) is 1.93. The van der Waals surface area contributed by atoms with Gasteiger partial charge in [0.1, 0.15) is 0 Å². The first-order valence-electron chi connectivity index (χ1n) is 3.30. The third-order valence-electron chi connectivity index (χ3n) is 1.52. The first kappa shape index (κ1) is 8.45. The lowest BCUT2D eigenvalue weighted by Crippen LogP contribution is -2.24. The van der Waals surface area contributed by atoms with Crippen LogP contribution in [0.5, 0.6) is 0 Å². The minimum Gasteiger partial charge on any atom is -0.329 e. The highest BCUT2D eigenvalue weighted by Gasteiger charge is 2.19. The van der Waals surface area contributed by atoms with Gasteiger partial charge in [-0.3, -0.25) is 0 Å². The van der Waals surface area contributed by atoms with Crippen LogP contribution in [0.25, 0.3) is 0 Å². The van der Waals surface area contributed by atoms with E-state index < -0.39 is 0 Å². The van der Waals surface area contributed by atoms with E-state index in [2.05, 4.69) is 13.0 Å². The lowest BCUT2D eigenvalue weighted by molar-refractivity contribution is 0.412. The topological polar surface area (TPSA) is 49.8 Å². The van der Waals surface area contributed by atoms with Crippen molar-refractivity contribution >= 4 is 0 Å². The second-order valence-corrected chi connectivity index (χ2v) is 2.63. The molecule has 2 heteroatoms. The molecule has 0 aromatic heterocycles. The summed E-state index contributed by atoms with van der Waals surface area (Å²) in [4.78, 5) is 0. The Balaban J connectivity index is 3.81. The number of nitrogens with zero attached hydrogens (tertiary/aromatic N) is 1. The maximum Gasteiger partial charge on any atom is 0.0700 e. The lowest BCUT2D eigenvalue weighted by atomic mass is 9.88. The van der Waals surface area contributed by atoms with Gasteiger partial charge in [-0.15, -0.1) is 0 Å². The molecule has 0 radical (unpaired) electrons. The van der Waals surface area contributed by atoms with Gasteiger partial charge in [-0.2, -0.15) is 5.26 Å². The molecular weight excluding hydrogens is 112 g/mol. The van der Waals surface area contributed by atoms with Crippen LogP contribution in [0.1, 0.15) is 26.7 Å². The molecule has 0 spiro atoms. The van der Waals surface area contributed by atoms with Crippen molar-refractivity contribution in [1.82, 2.24) is 0 Å². The fourth-order valence-electron chi connectivity index (χ4n) is 0.755. The van der Waals surface area contributed by atoms with Crippen molar-refractivity contribution in [2.45, 2.75) is 26.7 Å². The molecule has 0 saturated heterocycles. The molecule has 0 aromatic rings. The maximum atomic E-state index is 8.59. The van der Waals surface area contributed by atoms with Crippen molar-refractivity contribution in [3.63, 3.8) is 0 Å². The van der Waals surface area contributed by atoms with Crippen LogP contribution >= 0.6 is 0 Å². The number of nitriles is 1. The number of hydrogen-bond donors (Lipinski definition) is 1. The highest BCUT2D eigenvalue weighted by molar-refractivity contribution is 4.95. The van der Waals surface area contributed by atoms with Crippen LogP contribution < -0.4 is 5.73 Å². The van der Waals surface area contributed by atoms with Gasteiger partial charge < -0.3 is 5.73 Å². The van der Waals surface area contributed by atoms with E-state index in [0.717, 1.165) is 12.8 Å². The van der Waals surface area contributed by atoms with E-state index >= 15 is 0 Å². The average Bonchev–Trinajstić information content (AvgIpc) is 1.89. The minimum atomic E-state index is -0.283. The largest absolute Gasteiger partial charge is 0.329 e. The molecule has 0 rings (SSSR count). The number of rotatable bonds is 3. The molecule has 2 N–H and O–H groups in total. The molecule has 52 valence electrons. The van der Waals surface area contributed by atoms with E-state index in [0.29, 0.717) is 6.54 Å². The van der Waals surface area contributed by atoms with Gasteiger partial charge in [0, 0.05) is 6.54 Å². The molecule has 0 aliphatic rings. The molecule has 2 nitrogen and oxygen atoms in total. The Morgan fingerprint density at radius 2 is 2.22 bits per heavy atom. The summed E-state index contributed by atoms with van der Waals surface area (Å²) < 4.78 is 0. The lowest BCUT2D eigenvalue weighted by Gasteiger charge is -2.16. The second kappa shape index (κ2) is 3.47. The van der Waals surface area contributed by atoms with Crippen molar-refractivity contribution in [2.24, 2.45) is 11.1 Å². The van der Waals surface area contributed by atoms with Gasteiger partial charge in [-0.25, -0.2) is 0 Å². The third kappa shape index (κ3) is 2.48. The van der Waals surface area contributed by atoms with E-state index in [-0.39, 0.29) is 5.41 Å². The standard InChI is InChI=1S/C7H14N2/c1-3-4-7(2,5-8)6-9/h3-5,8H2,1-2H3. The van der Waals surface area contributed by atoms with Crippen LogP contribution in [0.15, 0.2) is 0 Å². The Labute approximate surface area is 56.7 Å². The van der Waals surface area contributed by atoms with Crippen LogP contribution in [0.3, 0.4) is 0 Å². The minimum absolute atomic E-state index is 0.283. The van der Waals surface area contributed by atoms with E-state index in [1.807, 2.05) is 6.92 Å². The Hall–Kier alpha value is -0.550. The zero-order valence-corrected chi connectivity index (χ0v) is 6.15. The summed E-state index contributed by atoms with van der Waals surface area (Å²) in [5.74, 6) is 0. The molecule has 0 aliphatic heterocycles. The van der Waals surface area contributed by atoms with Crippen LogP contribution in [0.2, 0.25) is 0 Å². The normalized spacial score (nSPS) is 16.2. The molecular formula is C7H14N2. The molecule has 0 amide bonds. The van der Waals surface area contributed by atoms with Gasteiger partial charge >= 0.3 is 0 Å². The predicted octanol–water partition coefficient (Wildman–Crippen LogP) is 1.28. The molecule has 0 heterocycles. The Morgan fingerprint density at radius 1 is 1.67 bits per heavy atom. The third-order valence-corrected chi connectivity index (χ3v) is 1.52. The monoisotopic (exact) mass is 126 g/mol. The molecule has 9 heavy (non-hydrogen) atoms. The van der Waals surface area contributed by atoms with Crippen molar-refractivity contribution in [2.75, 3.05) is 6.54 Å². The average molecular weight is 126 g/mol. The van der Waals surface area contributed by atoms with E-state index in [1.165, 1.54) is 0 Å². The number of hydrogen-bond acceptors (Lipinski definition) is 2. The fraction of sp³-hybridized carbons (Fsp3) is 0.857. The van der Waals surface area contributed by atoms with Crippen LogP contribution in [0, 0.1) is 16.7 Å². The van der Waals surface area contributed by atoms with Crippen LogP contribution in [-0.2, 0) is 0 Å². The summed E-state index contributed by atoms with van der Waals surface area (Å²) in [7, 11) is 0. The van der Waals surface area contributed by atoms with Crippen molar-refractivity contribution in [3.8, 4) is 6.07 Å². The smallest absolute Gasteiger partial charge is 0.0700 e. The zero-order valence-electron chi connectivity index (χ0n) is 6.15. The molecule has 0 saturated carbocycles. The zero-order chi connectivity index (χ0) is 7.33. The number of nitrogens with two attached hydrogens (primary N) is 1. The van der Waals surface area contributed by atoms with Crippen molar-refractivity contribution in [1.29, 1.82) is 5.26 Å². The predicted molar refractivity (Wildman–Crippen MR) is 37.7 cm³/mol. The maximum absolute atomic E-state index is 8.59. The van der Waals surface area contributed by atoms with Gasteiger partial charge in [-0.1, -0.05) is 13.3 Å². The Morgan fingerprint density at radius 3 is 2.33 bits per heavy atom. The second-order valence-electron chi connectivity index (χ2n) is 2.63. The van der Waals surface area contributed by atoms with Crippen LogP contribution in [0.4, 0.5) is 0 Å². The van der Waals surface area contributed by atoms with Crippen molar-refractivity contribution < 1.29 is 0 Å². The van der Waals surface area contributed by atoms with Crippen molar-refractivity contribution in [3.05, 3.63) is 0 Å². The summed E-state index contributed by atoms with van der Waals surface area (Å²) in [6.45, 7) is 4.43. The van der Waals surface area contributed by atoms with Gasteiger partial charge in [0.2, 0.25) is 0 Å². The van der Waals surface area contributed by atoms with Gasteiger partial charge in [-0.05, 0) is 13.3 Å². The summed E-state index contributed by atoms with van der Waals surface area (Å²) in [6, 6.07) is 2.20. The highest BCUT2D eigenvalue weighted by Crippen LogP contribution is 2.19. The van der Waals surface area contributed by atoms with E-state index in [9.17, 15) is 0 Å². The van der Waals surface area contributed by atoms with Gasteiger partial charge in [0.25, 0.3) is 0 Å². The molecule has 1 atom stereocenters. The molecule has 0 fully saturated rings. The van der Waals surface area contributed by atoms with E-state index in [4.69, 9.17) is 11.0 Å².